The minimum absolute atomic E-state index is 0.525. The first-order valence-electron chi connectivity index (χ1n) is 9.50. The van der Waals surface area contributed by atoms with E-state index < -0.39 is 0 Å². The summed E-state index contributed by atoms with van der Waals surface area (Å²) in [5, 5.41) is 0. The number of hydrogen-bond donors (Lipinski definition) is 0. The highest BCUT2D eigenvalue weighted by Crippen LogP contribution is 2.24. The minimum atomic E-state index is 0.525. The number of nitrogens with zero attached hydrogens (tertiary/aromatic N) is 1. The van der Waals surface area contributed by atoms with E-state index in [0.29, 0.717) is 6.61 Å². The Morgan fingerprint density at radius 3 is 2.00 bits per heavy atom. The molecule has 0 fully saturated rings. The van der Waals surface area contributed by atoms with E-state index in [4.69, 9.17) is 9.47 Å². The van der Waals surface area contributed by atoms with Crippen LogP contribution in [0.3, 0.4) is 0 Å². The fourth-order valence-electron chi connectivity index (χ4n) is 2.82. The first kappa shape index (κ1) is 18.5. The lowest BCUT2D eigenvalue weighted by Crippen LogP contribution is -1.97. The van der Waals surface area contributed by atoms with Gasteiger partial charge in [0.25, 0.3) is 0 Å². The summed E-state index contributed by atoms with van der Waals surface area (Å²) in [5.74, 6) is 2.40. The molecule has 0 unspecified atom stereocenters. The molecule has 0 aliphatic rings. The van der Waals surface area contributed by atoms with Gasteiger partial charge in [0.05, 0.1) is 5.69 Å². The van der Waals surface area contributed by atoms with Crippen molar-refractivity contribution < 1.29 is 9.47 Å². The lowest BCUT2D eigenvalue weighted by Gasteiger charge is -2.09. The molecular weight excluding hydrogens is 358 g/mol. The van der Waals surface area contributed by atoms with Crippen LogP contribution >= 0.6 is 0 Å². The minimum Gasteiger partial charge on any atom is -0.488 e. The summed E-state index contributed by atoms with van der Waals surface area (Å²) in [6.07, 6.45) is 1.83. The van der Waals surface area contributed by atoms with Crippen LogP contribution in [-0.4, -0.2) is 6.21 Å². The van der Waals surface area contributed by atoms with Crippen molar-refractivity contribution >= 4 is 11.9 Å². The molecule has 0 atom stereocenters. The van der Waals surface area contributed by atoms with E-state index in [2.05, 4.69) is 17.1 Å². The highest BCUT2D eigenvalue weighted by Gasteiger charge is 2.02. The van der Waals surface area contributed by atoms with Crippen molar-refractivity contribution in [3.63, 3.8) is 0 Å². The van der Waals surface area contributed by atoms with Crippen molar-refractivity contribution in [1.29, 1.82) is 0 Å². The van der Waals surface area contributed by atoms with Gasteiger partial charge in [-0.2, -0.15) is 0 Å². The van der Waals surface area contributed by atoms with Crippen LogP contribution in [0.25, 0.3) is 0 Å². The van der Waals surface area contributed by atoms with Crippen molar-refractivity contribution in [3.8, 4) is 17.2 Å². The van der Waals surface area contributed by atoms with Crippen molar-refractivity contribution in [3.05, 3.63) is 120 Å². The molecule has 142 valence electrons. The summed E-state index contributed by atoms with van der Waals surface area (Å²) in [5.41, 5.74) is 2.92. The third-order valence-electron chi connectivity index (χ3n) is 4.32. The van der Waals surface area contributed by atoms with Crippen LogP contribution in [0.2, 0.25) is 0 Å². The molecule has 4 rings (SSSR count). The van der Waals surface area contributed by atoms with Crippen LogP contribution in [0.1, 0.15) is 11.1 Å². The van der Waals surface area contributed by atoms with Gasteiger partial charge in [-0.25, -0.2) is 0 Å². The van der Waals surface area contributed by atoms with Gasteiger partial charge in [0.2, 0.25) is 0 Å². The predicted molar refractivity (Wildman–Crippen MR) is 117 cm³/mol. The maximum atomic E-state index is 5.99. The zero-order valence-electron chi connectivity index (χ0n) is 15.9. The van der Waals surface area contributed by atoms with Crippen molar-refractivity contribution in [2.24, 2.45) is 4.99 Å². The van der Waals surface area contributed by atoms with Gasteiger partial charge in [-0.3, -0.25) is 4.99 Å². The number of rotatable bonds is 7. The van der Waals surface area contributed by atoms with Gasteiger partial charge in [-0.15, -0.1) is 0 Å². The van der Waals surface area contributed by atoms with Gasteiger partial charge < -0.3 is 9.47 Å². The van der Waals surface area contributed by atoms with E-state index in [9.17, 15) is 0 Å². The number of aliphatic imine (C=N–C) groups is 1. The summed E-state index contributed by atoms with van der Waals surface area (Å²) in [4.78, 5) is 4.58. The van der Waals surface area contributed by atoms with Crippen molar-refractivity contribution in [2.45, 2.75) is 6.61 Å². The molecule has 0 amide bonds. The molecule has 29 heavy (non-hydrogen) atoms. The van der Waals surface area contributed by atoms with E-state index in [1.807, 2.05) is 103 Å². The fourth-order valence-corrected chi connectivity index (χ4v) is 2.82. The Balaban J connectivity index is 1.42. The maximum Gasteiger partial charge on any atom is 0.128 e. The molecule has 0 saturated carbocycles. The van der Waals surface area contributed by atoms with Gasteiger partial charge in [0.1, 0.15) is 23.9 Å². The number of para-hydroxylation sites is 2. The van der Waals surface area contributed by atoms with Gasteiger partial charge >= 0.3 is 0 Å². The third-order valence-corrected chi connectivity index (χ3v) is 4.32. The monoisotopic (exact) mass is 379 g/mol. The quantitative estimate of drug-likeness (QED) is 0.330. The summed E-state index contributed by atoms with van der Waals surface area (Å²) in [7, 11) is 0. The SMILES string of the molecule is C(=Nc1ccc(Oc2ccccc2)cc1)c1ccccc1OCc1ccccc1. The first-order valence-corrected chi connectivity index (χ1v) is 9.50. The Labute approximate surface area is 170 Å². The van der Waals surface area contributed by atoms with Gasteiger partial charge in [-0.05, 0) is 54.1 Å². The second-order valence-electron chi connectivity index (χ2n) is 6.48. The Hall–Kier alpha value is -3.85. The maximum absolute atomic E-state index is 5.99. The molecule has 0 aliphatic carbocycles. The van der Waals surface area contributed by atoms with Crippen LogP contribution in [0, 0.1) is 0 Å². The Morgan fingerprint density at radius 1 is 0.621 bits per heavy atom. The largest absolute Gasteiger partial charge is 0.488 e. The predicted octanol–water partition coefficient (Wildman–Crippen LogP) is 6.81. The first-order chi connectivity index (χ1) is 14.4. The molecule has 0 spiro atoms. The van der Waals surface area contributed by atoms with Crippen LogP contribution in [-0.2, 0) is 6.61 Å². The Kier molecular flexibility index (Phi) is 5.99. The zero-order chi connectivity index (χ0) is 19.7. The molecular formula is C26H21NO2. The average molecular weight is 379 g/mol. The van der Waals surface area contributed by atoms with Gasteiger partial charge in [-0.1, -0.05) is 60.7 Å². The molecule has 3 nitrogen and oxygen atoms in total. The number of hydrogen-bond acceptors (Lipinski definition) is 3. The van der Waals surface area contributed by atoms with Gasteiger partial charge in [0.15, 0.2) is 0 Å². The third kappa shape index (κ3) is 5.33. The van der Waals surface area contributed by atoms with E-state index in [1.165, 1.54) is 0 Å². The second-order valence-corrected chi connectivity index (χ2v) is 6.48. The summed E-state index contributed by atoms with van der Waals surface area (Å²) in [6.45, 7) is 0.525. The molecule has 4 aromatic rings. The Bertz CT molecular complexity index is 1060. The molecule has 0 N–H and O–H groups in total. The number of ether oxygens (including phenoxy) is 2. The Morgan fingerprint density at radius 2 is 1.24 bits per heavy atom. The van der Waals surface area contributed by atoms with Crippen LogP contribution < -0.4 is 9.47 Å². The highest BCUT2D eigenvalue weighted by molar-refractivity contribution is 5.85. The smallest absolute Gasteiger partial charge is 0.128 e. The lowest BCUT2D eigenvalue weighted by molar-refractivity contribution is 0.306. The molecule has 0 aromatic heterocycles. The standard InChI is InChI=1S/C26H21NO2/c1-3-9-21(10-4-1)20-28-26-14-8-7-11-22(26)19-27-23-15-17-25(18-16-23)29-24-12-5-2-6-13-24/h1-19H,20H2. The molecule has 0 aliphatic heterocycles. The second kappa shape index (κ2) is 9.38. The van der Waals surface area contributed by atoms with E-state index >= 15 is 0 Å². The molecule has 3 heteroatoms. The van der Waals surface area contributed by atoms with Gasteiger partial charge in [0, 0.05) is 11.8 Å². The molecule has 0 bridgehead atoms. The zero-order valence-corrected chi connectivity index (χ0v) is 15.9. The highest BCUT2D eigenvalue weighted by atomic mass is 16.5. The fraction of sp³-hybridized carbons (Fsp3) is 0.0385. The molecule has 4 aromatic carbocycles. The van der Waals surface area contributed by atoms with E-state index in [1.54, 1.807) is 0 Å². The average Bonchev–Trinajstić information content (AvgIpc) is 2.79. The normalized spacial score (nSPS) is 10.8. The van der Waals surface area contributed by atoms with Crippen molar-refractivity contribution in [1.82, 2.24) is 0 Å². The van der Waals surface area contributed by atoms with Crippen LogP contribution in [0.5, 0.6) is 17.2 Å². The number of benzene rings is 4. The van der Waals surface area contributed by atoms with Crippen LogP contribution in [0.4, 0.5) is 5.69 Å². The molecule has 0 saturated heterocycles. The van der Waals surface area contributed by atoms with Crippen molar-refractivity contribution in [2.75, 3.05) is 0 Å². The molecule has 0 heterocycles. The summed E-state index contributed by atoms with van der Waals surface area (Å²) in [6, 6.07) is 35.4. The van der Waals surface area contributed by atoms with E-state index in [0.717, 1.165) is 34.1 Å². The van der Waals surface area contributed by atoms with Crippen LogP contribution in [0.15, 0.2) is 114 Å². The lowest BCUT2D eigenvalue weighted by atomic mass is 10.2. The van der Waals surface area contributed by atoms with E-state index in [-0.39, 0.29) is 0 Å². The topological polar surface area (TPSA) is 30.8 Å². The summed E-state index contributed by atoms with van der Waals surface area (Å²) < 4.78 is 11.8. The molecule has 0 radical (unpaired) electrons. The summed E-state index contributed by atoms with van der Waals surface area (Å²) >= 11 is 0.